The fourth-order valence-corrected chi connectivity index (χ4v) is 3.13. The van der Waals surface area contributed by atoms with Crippen molar-refractivity contribution in [2.75, 3.05) is 11.3 Å². The van der Waals surface area contributed by atoms with Gasteiger partial charge in [-0.1, -0.05) is 24.3 Å². The molecule has 0 saturated carbocycles. The minimum Gasteiger partial charge on any atom is -0.292 e. The lowest BCUT2D eigenvalue weighted by Crippen LogP contribution is -2.33. The fourth-order valence-electron chi connectivity index (χ4n) is 2.68. The summed E-state index contributed by atoms with van der Waals surface area (Å²) in [4.78, 5) is 1.23. The van der Waals surface area contributed by atoms with Gasteiger partial charge in [0.2, 0.25) is 0 Å². The molecule has 0 saturated heterocycles. The van der Waals surface area contributed by atoms with E-state index in [-0.39, 0.29) is 0 Å². The number of rotatable bonds is 4. The van der Waals surface area contributed by atoms with Crippen LogP contribution in [0, 0.1) is 0 Å². The first kappa shape index (κ1) is 15.6. The molecule has 0 radical (unpaired) electrons. The van der Waals surface area contributed by atoms with Crippen LogP contribution < -0.4 is 10.4 Å². The van der Waals surface area contributed by atoms with E-state index in [1.54, 1.807) is 11.8 Å². The molecule has 0 spiro atoms. The third-order valence-corrected chi connectivity index (χ3v) is 4.68. The Morgan fingerprint density at radius 3 is 2.64 bits per heavy atom. The lowest BCUT2D eigenvalue weighted by atomic mass is 10.2. The first-order valence-electron chi connectivity index (χ1n) is 8.03. The van der Waals surface area contributed by atoms with Crippen LogP contribution in [0.4, 0.5) is 5.69 Å². The number of aromatic nitrogens is 2. The number of benzene rings is 2. The summed E-state index contributed by atoms with van der Waals surface area (Å²) in [5.41, 5.74) is 7.43. The SMILES string of the molecule is CSc1cccc(N2C=CC=C(c3ccn(-c4ccccc4)n3)N2)c1. The lowest BCUT2D eigenvalue weighted by Gasteiger charge is -2.26. The molecule has 0 atom stereocenters. The summed E-state index contributed by atoms with van der Waals surface area (Å²) in [6.45, 7) is 0. The Morgan fingerprint density at radius 1 is 0.960 bits per heavy atom. The van der Waals surface area contributed by atoms with Gasteiger partial charge in [-0.2, -0.15) is 5.10 Å². The summed E-state index contributed by atoms with van der Waals surface area (Å²) in [5.74, 6) is 0. The van der Waals surface area contributed by atoms with Crippen LogP contribution in [0.3, 0.4) is 0 Å². The zero-order chi connectivity index (χ0) is 17.1. The van der Waals surface area contributed by atoms with Crippen LogP contribution in [0.2, 0.25) is 0 Å². The van der Waals surface area contributed by atoms with Gasteiger partial charge in [-0.15, -0.1) is 11.8 Å². The number of hydrogen-bond acceptors (Lipinski definition) is 4. The molecule has 2 heterocycles. The van der Waals surface area contributed by atoms with Gasteiger partial charge >= 0.3 is 0 Å². The first-order chi connectivity index (χ1) is 12.3. The van der Waals surface area contributed by atoms with Crippen LogP contribution in [0.1, 0.15) is 5.69 Å². The molecule has 124 valence electrons. The van der Waals surface area contributed by atoms with E-state index >= 15 is 0 Å². The van der Waals surface area contributed by atoms with Gasteiger partial charge in [-0.05, 0) is 54.8 Å². The quantitative estimate of drug-likeness (QED) is 0.707. The molecule has 1 aliphatic heterocycles. The Kier molecular flexibility index (Phi) is 4.31. The zero-order valence-electron chi connectivity index (χ0n) is 13.8. The number of allylic oxidation sites excluding steroid dienone is 2. The number of thioether (sulfide) groups is 1. The molecule has 0 amide bonds. The second-order valence-corrected chi connectivity index (χ2v) is 6.47. The molecule has 25 heavy (non-hydrogen) atoms. The average Bonchev–Trinajstić information content (AvgIpc) is 3.19. The Labute approximate surface area is 151 Å². The van der Waals surface area contributed by atoms with Gasteiger partial charge in [-0.3, -0.25) is 10.4 Å². The van der Waals surface area contributed by atoms with Gasteiger partial charge in [0, 0.05) is 17.3 Å². The summed E-state index contributed by atoms with van der Waals surface area (Å²) in [6, 6.07) is 20.6. The molecule has 4 rings (SSSR count). The fraction of sp³-hybridized carbons (Fsp3) is 0.0500. The van der Waals surface area contributed by atoms with Crippen LogP contribution in [0.25, 0.3) is 11.4 Å². The summed E-state index contributed by atoms with van der Waals surface area (Å²) >= 11 is 1.74. The number of anilines is 1. The molecule has 2 aromatic carbocycles. The van der Waals surface area contributed by atoms with E-state index in [2.05, 4.69) is 41.0 Å². The molecule has 1 aromatic heterocycles. The van der Waals surface area contributed by atoms with Crippen LogP contribution in [0.5, 0.6) is 0 Å². The Hall–Kier alpha value is -2.92. The van der Waals surface area contributed by atoms with Gasteiger partial charge < -0.3 is 0 Å². The molecule has 1 N–H and O–H groups in total. The van der Waals surface area contributed by atoms with E-state index in [1.165, 1.54) is 4.90 Å². The Morgan fingerprint density at radius 2 is 1.80 bits per heavy atom. The molecule has 0 bridgehead atoms. The lowest BCUT2D eigenvalue weighted by molar-refractivity contribution is 0.843. The van der Waals surface area contributed by atoms with Crippen molar-refractivity contribution in [1.29, 1.82) is 0 Å². The predicted octanol–water partition coefficient (Wildman–Crippen LogP) is 4.47. The summed E-state index contributed by atoms with van der Waals surface area (Å²) < 4.78 is 1.88. The predicted molar refractivity (Wildman–Crippen MR) is 105 cm³/mol. The summed E-state index contributed by atoms with van der Waals surface area (Å²) in [5, 5.41) is 6.70. The molecule has 3 aromatic rings. The average molecular weight is 346 g/mol. The molecular formula is C20H18N4S. The first-order valence-corrected chi connectivity index (χ1v) is 9.26. The van der Waals surface area contributed by atoms with Gasteiger partial charge in [-0.25, -0.2) is 4.68 Å². The van der Waals surface area contributed by atoms with Crippen molar-refractivity contribution < 1.29 is 0 Å². The standard InChI is InChI=1S/C20H18N4S/c1-25-18-10-5-9-17(15-18)23-13-6-11-19(21-23)20-12-14-24(22-20)16-7-3-2-4-8-16/h2-15,21H,1H3. The van der Waals surface area contributed by atoms with Crippen molar-refractivity contribution in [2.45, 2.75) is 4.90 Å². The molecule has 0 fully saturated rings. The van der Waals surface area contributed by atoms with Crippen LogP contribution in [-0.2, 0) is 0 Å². The van der Waals surface area contributed by atoms with E-state index in [9.17, 15) is 0 Å². The highest BCUT2D eigenvalue weighted by Gasteiger charge is 2.13. The maximum Gasteiger partial charge on any atom is 0.110 e. The van der Waals surface area contributed by atoms with Crippen LogP contribution in [-0.4, -0.2) is 16.0 Å². The molecular weight excluding hydrogens is 328 g/mol. The van der Waals surface area contributed by atoms with Gasteiger partial charge in [0.05, 0.1) is 17.1 Å². The van der Waals surface area contributed by atoms with Crippen molar-refractivity contribution in [1.82, 2.24) is 15.2 Å². The maximum absolute atomic E-state index is 4.69. The Balaban J connectivity index is 1.57. The van der Waals surface area contributed by atoms with E-state index in [0.717, 1.165) is 22.8 Å². The van der Waals surface area contributed by atoms with E-state index < -0.39 is 0 Å². The largest absolute Gasteiger partial charge is 0.292 e. The zero-order valence-corrected chi connectivity index (χ0v) is 14.6. The van der Waals surface area contributed by atoms with Crippen molar-refractivity contribution in [2.24, 2.45) is 0 Å². The van der Waals surface area contributed by atoms with E-state index in [0.29, 0.717) is 0 Å². The minimum atomic E-state index is 0.902. The maximum atomic E-state index is 4.69. The van der Waals surface area contributed by atoms with Crippen LogP contribution >= 0.6 is 11.8 Å². The summed E-state index contributed by atoms with van der Waals surface area (Å²) in [6.07, 6.45) is 10.1. The van der Waals surface area contributed by atoms with Crippen LogP contribution in [0.15, 0.2) is 90.1 Å². The number of para-hydroxylation sites is 1. The number of hydrogen-bond donors (Lipinski definition) is 1. The number of nitrogens with zero attached hydrogens (tertiary/aromatic N) is 3. The molecule has 4 nitrogen and oxygen atoms in total. The topological polar surface area (TPSA) is 33.1 Å². The monoisotopic (exact) mass is 346 g/mol. The Bertz CT molecular complexity index is 928. The molecule has 0 unspecified atom stereocenters. The highest BCUT2D eigenvalue weighted by molar-refractivity contribution is 7.98. The smallest absolute Gasteiger partial charge is 0.110 e. The van der Waals surface area contributed by atoms with Crippen molar-refractivity contribution in [3.8, 4) is 5.69 Å². The van der Waals surface area contributed by atoms with Gasteiger partial charge in [0.15, 0.2) is 0 Å². The second-order valence-electron chi connectivity index (χ2n) is 5.59. The van der Waals surface area contributed by atoms with E-state index in [4.69, 9.17) is 0 Å². The van der Waals surface area contributed by atoms with Gasteiger partial charge in [0.25, 0.3) is 0 Å². The molecule has 5 heteroatoms. The van der Waals surface area contributed by atoms with E-state index in [1.807, 2.05) is 70.6 Å². The third kappa shape index (κ3) is 3.32. The second kappa shape index (κ2) is 6.91. The normalized spacial score (nSPS) is 13.5. The summed E-state index contributed by atoms with van der Waals surface area (Å²) in [7, 11) is 0. The number of hydrazine groups is 1. The third-order valence-electron chi connectivity index (χ3n) is 3.96. The van der Waals surface area contributed by atoms with Crippen molar-refractivity contribution in [3.05, 3.63) is 90.9 Å². The highest BCUT2D eigenvalue weighted by atomic mass is 32.2. The molecule has 0 aliphatic carbocycles. The number of nitrogens with one attached hydrogen (secondary N) is 1. The van der Waals surface area contributed by atoms with Crippen molar-refractivity contribution >= 4 is 23.1 Å². The van der Waals surface area contributed by atoms with Gasteiger partial charge in [0.1, 0.15) is 5.69 Å². The molecule has 1 aliphatic rings. The van der Waals surface area contributed by atoms with Crippen molar-refractivity contribution in [3.63, 3.8) is 0 Å². The highest BCUT2D eigenvalue weighted by Crippen LogP contribution is 2.24. The minimum absolute atomic E-state index is 0.902.